The monoisotopic (exact) mass is 426 g/mol. The summed E-state index contributed by atoms with van der Waals surface area (Å²) < 4.78 is 5.39. The highest BCUT2D eigenvalue weighted by Crippen LogP contribution is 2.37. The van der Waals surface area contributed by atoms with Crippen molar-refractivity contribution in [1.29, 1.82) is 0 Å². The number of aromatic nitrogens is 1. The summed E-state index contributed by atoms with van der Waals surface area (Å²) in [4.78, 5) is 15.3. The summed E-state index contributed by atoms with van der Waals surface area (Å²) in [5.41, 5.74) is 4.42. The lowest BCUT2D eigenvalue weighted by atomic mass is 10.0. The Hall–Kier alpha value is -2.24. The molecule has 0 aliphatic carbocycles. The minimum atomic E-state index is -0.0373. The third-order valence-electron chi connectivity index (χ3n) is 5.37. The number of hydrogen-bond acceptors (Lipinski definition) is 4. The van der Waals surface area contributed by atoms with Crippen molar-refractivity contribution in [1.82, 2.24) is 10.1 Å². The Kier molecular flexibility index (Phi) is 5.97. The second-order valence-electron chi connectivity index (χ2n) is 7.24. The van der Waals surface area contributed by atoms with Crippen molar-refractivity contribution in [2.24, 2.45) is 0 Å². The lowest BCUT2D eigenvalue weighted by Gasteiger charge is -2.21. The first kappa shape index (κ1) is 20.0. The van der Waals surface area contributed by atoms with Crippen LogP contribution in [0.15, 0.2) is 53.1 Å². The van der Waals surface area contributed by atoms with Gasteiger partial charge in [0.1, 0.15) is 17.0 Å². The topological polar surface area (TPSA) is 46.3 Å². The molecule has 150 valence electrons. The third-order valence-corrected chi connectivity index (χ3v) is 7.01. The van der Waals surface area contributed by atoms with Crippen LogP contribution in [-0.2, 0) is 0 Å². The van der Waals surface area contributed by atoms with Crippen LogP contribution in [-0.4, -0.2) is 34.8 Å². The smallest absolute Gasteiger partial charge is 0.259 e. The van der Waals surface area contributed by atoms with E-state index < -0.39 is 0 Å². The Morgan fingerprint density at radius 2 is 1.90 bits per heavy atom. The number of amides is 1. The molecule has 1 aliphatic heterocycles. The number of nitrogens with zero attached hydrogens (tertiary/aromatic N) is 2. The van der Waals surface area contributed by atoms with E-state index >= 15 is 0 Å². The molecule has 0 bridgehead atoms. The number of aryl methyl sites for hydroxylation is 2. The predicted octanol–water partition coefficient (Wildman–Crippen LogP) is 5.93. The number of hydrogen-bond donors (Lipinski definition) is 0. The van der Waals surface area contributed by atoms with Gasteiger partial charge >= 0.3 is 0 Å². The van der Waals surface area contributed by atoms with Gasteiger partial charge in [0.15, 0.2) is 0 Å². The molecular formula is C23H23ClN2O2S. The van der Waals surface area contributed by atoms with Gasteiger partial charge < -0.3 is 9.42 Å². The van der Waals surface area contributed by atoms with Crippen molar-refractivity contribution in [2.75, 3.05) is 18.8 Å². The minimum Gasteiger partial charge on any atom is -0.360 e. The maximum atomic E-state index is 13.4. The van der Waals surface area contributed by atoms with Gasteiger partial charge in [-0.15, -0.1) is 0 Å². The van der Waals surface area contributed by atoms with Crippen LogP contribution in [0.1, 0.15) is 38.9 Å². The van der Waals surface area contributed by atoms with E-state index in [2.05, 4.69) is 36.3 Å². The standard InChI is InChI=1S/C23H23ClN2O2S/c1-15-7-3-4-8-17(15)20-11-12-26(13-14-29-20)23(27)21-16(2)28-25-22(21)18-9-5-6-10-19(18)24/h3-10,20H,11-14H2,1-2H3. The fourth-order valence-corrected chi connectivity index (χ4v) is 5.34. The van der Waals surface area contributed by atoms with Crippen molar-refractivity contribution in [2.45, 2.75) is 25.5 Å². The second-order valence-corrected chi connectivity index (χ2v) is 8.96. The van der Waals surface area contributed by atoms with Crippen molar-refractivity contribution < 1.29 is 9.32 Å². The molecular weight excluding hydrogens is 404 g/mol. The number of thioether (sulfide) groups is 1. The number of benzene rings is 2. The fourth-order valence-electron chi connectivity index (χ4n) is 3.79. The first-order chi connectivity index (χ1) is 14.1. The summed E-state index contributed by atoms with van der Waals surface area (Å²) in [6, 6.07) is 15.9. The zero-order chi connectivity index (χ0) is 20.4. The highest BCUT2D eigenvalue weighted by Gasteiger charge is 2.29. The molecule has 1 aromatic heterocycles. The molecule has 1 fully saturated rings. The van der Waals surface area contributed by atoms with Crippen LogP contribution in [0.3, 0.4) is 0 Å². The Morgan fingerprint density at radius 3 is 2.69 bits per heavy atom. The molecule has 1 aliphatic rings. The van der Waals surface area contributed by atoms with Gasteiger partial charge in [0, 0.05) is 29.7 Å². The second kappa shape index (κ2) is 8.64. The molecule has 1 amide bonds. The molecule has 0 saturated carbocycles. The maximum absolute atomic E-state index is 13.4. The third kappa shape index (κ3) is 4.07. The van der Waals surface area contributed by atoms with E-state index in [4.69, 9.17) is 16.1 Å². The molecule has 0 spiro atoms. The van der Waals surface area contributed by atoms with Crippen molar-refractivity contribution in [3.63, 3.8) is 0 Å². The number of rotatable bonds is 3. The first-order valence-corrected chi connectivity index (χ1v) is 11.2. The van der Waals surface area contributed by atoms with Gasteiger partial charge in [0.05, 0.1) is 5.02 Å². The molecule has 1 atom stereocenters. The number of carbonyl (C=O) groups excluding carboxylic acids is 1. The lowest BCUT2D eigenvalue weighted by molar-refractivity contribution is 0.0765. The largest absolute Gasteiger partial charge is 0.360 e. The van der Waals surface area contributed by atoms with E-state index in [9.17, 15) is 4.79 Å². The van der Waals surface area contributed by atoms with Crippen molar-refractivity contribution >= 4 is 29.3 Å². The van der Waals surface area contributed by atoms with Gasteiger partial charge in [-0.3, -0.25) is 4.79 Å². The molecule has 4 rings (SSSR count). The van der Waals surface area contributed by atoms with Gasteiger partial charge in [-0.25, -0.2) is 0 Å². The fraction of sp³-hybridized carbons (Fsp3) is 0.304. The van der Waals surface area contributed by atoms with Crippen LogP contribution in [0.4, 0.5) is 0 Å². The molecule has 0 radical (unpaired) electrons. The van der Waals surface area contributed by atoms with Crippen LogP contribution >= 0.6 is 23.4 Å². The summed E-state index contributed by atoms with van der Waals surface area (Å²) in [6.07, 6.45) is 0.924. The van der Waals surface area contributed by atoms with E-state index in [1.54, 1.807) is 13.0 Å². The predicted molar refractivity (Wildman–Crippen MR) is 119 cm³/mol. The summed E-state index contributed by atoms with van der Waals surface area (Å²) in [7, 11) is 0. The Bertz CT molecular complexity index is 1030. The average Bonchev–Trinajstić information content (AvgIpc) is 2.94. The molecule has 2 aromatic carbocycles. The normalized spacial score (nSPS) is 17.2. The molecule has 1 saturated heterocycles. The van der Waals surface area contributed by atoms with Gasteiger partial charge in [-0.1, -0.05) is 59.2 Å². The molecule has 4 nitrogen and oxygen atoms in total. The lowest BCUT2D eigenvalue weighted by Crippen LogP contribution is -2.33. The molecule has 1 unspecified atom stereocenters. The molecule has 2 heterocycles. The van der Waals surface area contributed by atoms with Gasteiger partial charge in [-0.2, -0.15) is 11.8 Å². The van der Waals surface area contributed by atoms with E-state index in [1.807, 2.05) is 34.9 Å². The molecule has 6 heteroatoms. The minimum absolute atomic E-state index is 0.0373. The SMILES string of the molecule is Cc1ccccc1C1CCN(C(=O)c2c(-c3ccccc3Cl)noc2C)CCS1. The van der Waals surface area contributed by atoms with E-state index in [0.717, 1.165) is 17.7 Å². The average molecular weight is 427 g/mol. The highest BCUT2D eigenvalue weighted by molar-refractivity contribution is 7.99. The van der Waals surface area contributed by atoms with Crippen LogP contribution < -0.4 is 0 Å². The molecule has 29 heavy (non-hydrogen) atoms. The Labute approximate surface area is 180 Å². The Morgan fingerprint density at radius 1 is 1.14 bits per heavy atom. The zero-order valence-electron chi connectivity index (χ0n) is 16.5. The summed E-state index contributed by atoms with van der Waals surface area (Å²) in [5.74, 6) is 1.39. The number of carbonyl (C=O) groups is 1. The van der Waals surface area contributed by atoms with Gasteiger partial charge in [-0.05, 0) is 37.5 Å². The molecule has 3 aromatic rings. The maximum Gasteiger partial charge on any atom is 0.259 e. The van der Waals surface area contributed by atoms with Gasteiger partial charge in [0.25, 0.3) is 5.91 Å². The number of halogens is 1. The molecule has 0 N–H and O–H groups in total. The summed E-state index contributed by atoms with van der Waals surface area (Å²) in [6.45, 7) is 5.35. The van der Waals surface area contributed by atoms with E-state index in [-0.39, 0.29) is 5.91 Å². The van der Waals surface area contributed by atoms with E-state index in [1.165, 1.54) is 11.1 Å². The van der Waals surface area contributed by atoms with Crippen LogP contribution in [0.25, 0.3) is 11.3 Å². The Balaban J connectivity index is 1.58. The quantitative estimate of drug-likeness (QED) is 0.520. The first-order valence-electron chi connectivity index (χ1n) is 9.74. The van der Waals surface area contributed by atoms with Crippen LogP contribution in [0, 0.1) is 13.8 Å². The van der Waals surface area contributed by atoms with Gasteiger partial charge in [0.2, 0.25) is 0 Å². The summed E-state index contributed by atoms with van der Waals surface area (Å²) >= 11 is 8.27. The summed E-state index contributed by atoms with van der Waals surface area (Å²) in [5, 5.41) is 5.11. The van der Waals surface area contributed by atoms with Crippen LogP contribution in [0.5, 0.6) is 0 Å². The van der Waals surface area contributed by atoms with Crippen LogP contribution in [0.2, 0.25) is 5.02 Å². The van der Waals surface area contributed by atoms with Crippen molar-refractivity contribution in [3.8, 4) is 11.3 Å². The zero-order valence-corrected chi connectivity index (χ0v) is 18.1. The highest BCUT2D eigenvalue weighted by atomic mass is 35.5. The van der Waals surface area contributed by atoms with Crippen molar-refractivity contribution in [3.05, 3.63) is 76.0 Å². The van der Waals surface area contributed by atoms with E-state index in [0.29, 0.717) is 40.4 Å².